The van der Waals surface area contributed by atoms with E-state index >= 15 is 0 Å². The Kier molecular flexibility index (Phi) is 4.41. The van der Waals surface area contributed by atoms with Crippen LogP contribution < -0.4 is 10.1 Å². The van der Waals surface area contributed by atoms with E-state index in [4.69, 9.17) is 9.47 Å². The Morgan fingerprint density at radius 1 is 1.26 bits per heavy atom. The maximum Gasteiger partial charge on any atom is 0.333 e. The molecule has 5 heteroatoms. The summed E-state index contributed by atoms with van der Waals surface area (Å²) in [6.45, 7) is 0. The predicted molar refractivity (Wildman–Crippen MR) is 75.7 cm³/mol. The Balaban J connectivity index is 2.28. The highest BCUT2D eigenvalue weighted by Gasteiger charge is 2.22. The average molecular weight is 277 g/mol. The SMILES string of the molecule is COC(=O)C(Nc1ccccc1OC)c1ccsc1. The van der Waals surface area contributed by atoms with Gasteiger partial charge in [0.05, 0.1) is 19.9 Å². The Morgan fingerprint density at radius 3 is 2.68 bits per heavy atom. The maximum atomic E-state index is 11.9. The standard InChI is InChI=1S/C14H15NO3S/c1-17-12-6-4-3-5-11(12)15-13(14(16)18-2)10-7-8-19-9-10/h3-9,13,15H,1-2H3. The molecule has 0 aliphatic heterocycles. The van der Waals surface area contributed by atoms with Crippen molar-refractivity contribution in [2.45, 2.75) is 6.04 Å². The van der Waals surface area contributed by atoms with Gasteiger partial charge in [-0.1, -0.05) is 12.1 Å². The highest BCUT2D eigenvalue weighted by molar-refractivity contribution is 7.08. The third kappa shape index (κ3) is 3.06. The molecule has 2 aromatic rings. The van der Waals surface area contributed by atoms with Crippen molar-refractivity contribution in [2.75, 3.05) is 19.5 Å². The molecule has 0 saturated carbocycles. The fourth-order valence-electron chi connectivity index (χ4n) is 1.75. The Bertz CT molecular complexity index is 539. The number of carbonyl (C=O) groups excluding carboxylic acids is 1. The summed E-state index contributed by atoms with van der Waals surface area (Å²) in [6, 6.07) is 8.82. The zero-order valence-electron chi connectivity index (χ0n) is 10.8. The fourth-order valence-corrected chi connectivity index (χ4v) is 2.44. The molecule has 1 heterocycles. The summed E-state index contributed by atoms with van der Waals surface area (Å²) in [7, 11) is 2.98. The second kappa shape index (κ2) is 6.24. The molecular weight excluding hydrogens is 262 g/mol. The van der Waals surface area contributed by atoms with Crippen molar-refractivity contribution in [1.82, 2.24) is 0 Å². The first-order valence-electron chi connectivity index (χ1n) is 5.75. The van der Waals surface area contributed by atoms with Crippen LogP contribution in [0.1, 0.15) is 11.6 Å². The summed E-state index contributed by atoms with van der Waals surface area (Å²) < 4.78 is 10.1. The average Bonchev–Trinajstić information content (AvgIpc) is 2.98. The van der Waals surface area contributed by atoms with E-state index in [9.17, 15) is 4.79 Å². The van der Waals surface area contributed by atoms with E-state index in [0.717, 1.165) is 11.3 Å². The molecule has 100 valence electrons. The van der Waals surface area contributed by atoms with Gasteiger partial charge in [0, 0.05) is 0 Å². The molecule has 0 saturated heterocycles. The van der Waals surface area contributed by atoms with Crippen LogP contribution in [0.5, 0.6) is 5.75 Å². The third-order valence-electron chi connectivity index (χ3n) is 2.72. The van der Waals surface area contributed by atoms with Crippen molar-refractivity contribution < 1.29 is 14.3 Å². The van der Waals surface area contributed by atoms with Gasteiger partial charge >= 0.3 is 5.97 Å². The van der Waals surface area contributed by atoms with E-state index in [1.54, 1.807) is 7.11 Å². The molecule has 0 aliphatic rings. The molecule has 1 aromatic heterocycles. The van der Waals surface area contributed by atoms with Crippen molar-refractivity contribution in [3.05, 3.63) is 46.7 Å². The molecule has 0 amide bonds. The molecule has 0 fully saturated rings. The monoisotopic (exact) mass is 277 g/mol. The third-order valence-corrected chi connectivity index (χ3v) is 3.42. The van der Waals surface area contributed by atoms with Crippen molar-refractivity contribution in [2.24, 2.45) is 0 Å². The van der Waals surface area contributed by atoms with Gasteiger partial charge in [-0.25, -0.2) is 4.79 Å². The van der Waals surface area contributed by atoms with E-state index < -0.39 is 6.04 Å². The molecule has 1 N–H and O–H groups in total. The molecule has 1 atom stereocenters. The summed E-state index contributed by atoms with van der Waals surface area (Å²) in [6.07, 6.45) is 0. The number of rotatable bonds is 5. The van der Waals surface area contributed by atoms with Crippen molar-refractivity contribution >= 4 is 23.0 Å². The maximum absolute atomic E-state index is 11.9. The van der Waals surface area contributed by atoms with Gasteiger partial charge in [-0.2, -0.15) is 11.3 Å². The minimum Gasteiger partial charge on any atom is -0.495 e. The van der Waals surface area contributed by atoms with Crippen LogP contribution >= 0.6 is 11.3 Å². The Hall–Kier alpha value is -2.01. The molecule has 0 radical (unpaired) electrons. The van der Waals surface area contributed by atoms with Crippen LogP contribution in [0.3, 0.4) is 0 Å². The summed E-state index contributed by atoms with van der Waals surface area (Å²) >= 11 is 1.54. The molecule has 4 nitrogen and oxygen atoms in total. The normalized spacial score (nSPS) is 11.7. The van der Waals surface area contributed by atoms with E-state index in [-0.39, 0.29) is 5.97 Å². The first-order valence-corrected chi connectivity index (χ1v) is 6.70. The first-order chi connectivity index (χ1) is 9.26. The number of hydrogen-bond acceptors (Lipinski definition) is 5. The van der Waals surface area contributed by atoms with Gasteiger partial charge in [-0.15, -0.1) is 0 Å². The summed E-state index contributed by atoms with van der Waals surface area (Å²) in [5.74, 6) is 0.357. The lowest BCUT2D eigenvalue weighted by molar-refractivity contribution is -0.141. The van der Waals surface area contributed by atoms with Gasteiger partial charge in [0.15, 0.2) is 6.04 Å². The number of esters is 1. The van der Waals surface area contributed by atoms with E-state index in [1.165, 1.54) is 18.4 Å². The number of carbonyl (C=O) groups is 1. The van der Waals surface area contributed by atoms with Crippen LogP contribution in [-0.2, 0) is 9.53 Å². The largest absolute Gasteiger partial charge is 0.495 e. The predicted octanol–water partition coefficient (Wildman–Crippen LogP) is 3.08. The lowest BCUT2D eigenvalue weighted by Crippen LogP contribution is -2.22. The van der Waals surface area contributed by atoms with Gasteiger partial charge in [-0.3, -0.25) is 0 Å². The second-order valence-corrected chi connectivity index (χ2v) is 4.64. The molecule has 1 aromatic carbocycles. The molecule has 0 aliphatic carbocycles. The number of hydrogen-bond donors (Lipinski definition) is 1. The minimum absolute atomic E-state index is 0.329. The first kappa shape index (κ1) is 13.4. The van der Waals surface area contributed by atoms with E-state index in [1.807, 2.05) is 41.1 Å². The topological polar surface area (TPSA) is 47.6 Å². The number of anilines is 1. The van der Waals surface area contributed by atoms with E-state index in [0.29, 0.717) is 5.75 Å². The molecule has 0 spiro atoms. The number of benzene rings is 1. The number of nitrogens with one attached hydrogen (secondary N) is 1. The summed E-state index contributed by atoms with van der Waals surface area (Å²) in [5, 5.41) is 7.01. The van der Waals surface area contributed by atoms with Crippen LogP contribution in [0.4, 0.5) is 5.69 Å². The van der Waals surface area contributed by atoms with Gasteiger partial charge < -0.3 is 14.8 Å². The Morgan fingerprint density at radius 2 is 2.05 bits per heavy atom. The zero-order valence-corrected chi connectivity index (χ0v) is 11.6. The van der Waals surface area contributed by atoms with Crippen LogP contribution in [-0.4, -0.2) is 20.2 Å². The van der Waals surface area contributed by atoms with Crippen molar-refractivity contribution in [3.8, 4) is 5.75 Å². The van der Waals surface area contributed by atoms with Crippen molar-refractivity contribution in [3.63, 3.8) is 0 Å². The number of methoxy groups -OCH3 is 2. The van der Waals surface area contributed by atoms with Crippen LogP contribution in [0.15, 0.2) is 41.1 Å². The fraction of sp³-hybridized carbons (Fsp3) is 0.214. The van der Waals surface area contributed by atoms with Crippen LogP contribution in [0, 0.1) is 0 Å². The van der Waals surface area contributed by atoms with Gasteiger partial charge in [0.1, 0.15) is 5.75 Å². The molecule has 0 bridgehead atoms. The summed E-state index contributed by atoms with van der Waals surface area (Å²) in [5.41, 5.74) is 1.63. The van der Waals surface area contributed by atoms with Gasteiger partial charge in [0.2, 0.25) is 0 Å². The lowest BCUT2D eigenvalue weighted by Gasteiger charge is -2.18. The van der Waals surface area contributed by atoms with Gasteiger partial charge in [-0.05, 0) is 34.5 Å². The summed E-state index contributed by atoms with van der Waals surface area (Å²) in [4.78, 5) is 11.9. The Labute approximate surface area is 116 Å². The van der Waals surface area contributed by atoms with Crippen LogP contribution in [0.25, 0.3) is 0 Å². The molecule has 2 rings (SSSR count). The van der Waals surface area contributed by atoms with Crippen LogP contribution in [0.2, 0.25) is 0 Å². The molecular formula is C14H15NO3S. The number of thiophene rings is 1. The minimum atomic E-state index is -0.535. The van der Waals surface area contributed by atoms with E-state index in [2.05, 4.69) is 5.32 Å². The zero-order chi connectivity index (χ0) is 13.7. The highest BCUT2D eigenvalue weighted by Crippen LogP contribution is 2.29. The van der Waals surface area contributed by atoms with Gasteiger partial charge in [0.25, 0.3) is 0 Å². The second-order valence-electron chi connectivity index (χ2n) is 3.86. The molecule has 19 heavy (non-hydrogen) atoms. The van der Waals surface area contributed by atoms with Crippen molar-refractivity contribution in [1.29, 1.82) is 0 Å². The highest BCUT2D eigenvalue weighted by atomic mass is 32.1. The lowest BCUT2D eigenvalue weighted by atomic mass is 10.1. The number of para-hydroxylation sites is 2. The smallest absolute Gasteiger partial charge is 0.333 e. The quantitative estimate of drug-likeness (QED) is 0.853. The number of ether oxygens (including phenoxy) is 2. The molecule has 1 unspecified atom stereocenters.